The molecule has 5 heteroatoms. The highest BCUT2D eigenvalue weighted by Crippen LogP contribution is 2.35. The van der Waals surface area contributed by atoms with Crippen LogP contribution in [0.3, 0.4) is 0 Å². The Morgan fingerprint density at radius 1 is 0.913 bits per heavy atom. The quantitative estimate of drug-likeness (QED) is 0.753. The molecule has 0 aromatic carbocycles. The molecule has 0 aromatic rings. The third-order valence-corrected chi connectivity index (χ3v) is 6.24. The minimum absolute atomic E-state index is 0.108. The normalized spacial score (nSPS) is 31.7. The average molecular weight is 322 g/mol. The molecule has 3 saturated heterocycles. The number of hydrogen-bond donors (Lipinski definition) is 0. The lowest BCUT2D eigenvalue weighted by atomic mass is 9.81. The Morgan fingerprint density at radius 2 is 1.52 bits per heavy atom. The van der Waals surface area contributed by atoms with Gasteiger partial charge < -0.3 is 14.7 Å². The number of piperazine rings is 1. The summed E-state index contributed by atoms with van der Waals surface area (Å²) in [6, 6.07) is 0.734. The summed E-state index contributed by atoms with van der Waals surface area (Å²) in [4.78, 5) is 22.5. The van der Waals surface area contributed by atoms with E-state index >= 15 is 0 Å². The lowest BCUT2D eigenvalue weighted by molar-refractivity contribution is -0.140. The molecule has 23 heavy (non-hydrogen) atoms. The Kier molecular flexibility index (Phi) is 5.00. The monoisotopic (exact) mass is 322 g/mol. The number of hydrogen-bond acceptors (Lipinski definition) is 4. The van der Waals surface area contributed by atoms with Gasteiger partial charge in [-0.3, -0.25) is 9.69 Å². The van der Waals surface area contributed by atoms with Gasteiger partial charge in [-0.15, -0.1) is 0 Å². The molecule has 132 valence electrons. The number of amides is 1. The van der Waals surface area contributed by atoms with Gasteiger partial charge in [-0.2, -0.15) is 0 Å². The van der Waals surface area contributed by atoms with E-state index in [1.807, 2.05) is 0 Å². The van der Waals surface area contributed by atoms with E-state index in [4.69, 9.17) is 0 Å². The van der Waals surface area contributed by atoms with Crippen LogP contribution in [0.15, 0.2) is 0 Å². The van der Waals surface area contributed by atoms with Crippen LogP contribution in [0.1, 0.15) is 26.7 Å². The van der Waals surface area contributed by atoms with E-state index in [1.54, 1.807) is 0 Å². The summed E-state index contributed by atoms with van der Waals surface area (Å²) in [6.45, 7) is 12.8. The predicted molar refractivity (Wildman–Crippen MR) is 93.4 cm³/mol. The van der Waals surface area contributed by atoms with Crippen molar-refractivity contribution >= 4 is 5.91 Å². The molecule has 3 aliphatic heterocycles. The van der Waals surface area contributed by atoms with Crippen LogP contribution >= 0.6 is 0 Å². The van der Waals surface area contributed by atoms with E-state index in [-0.39, 0.29) is 11.3 Å². The number of carbonyl (C=O) groups excluding carboxylic acids is 1. The van der Waals surface area contributed by atoms with Crippen LogP contribution in [-0.2, 0) is 4.79 Å². The molecule has 1 atom stereocenters. The van der Waals surface area contributed by atoms with Crippen molar-refractivity contribution in [3.8, 4) is 0 Å². The van der Waals surface area contributed by atoms with Crippen LogP contribution in [0.2, 0.25) is 0 Å². The molecule has 0 N–H and O–H groups in total. The molecule has 3 heterocycles. The summed E-state index contributed by atoms with van der Waals surface area (Å²) in [6.07, 6.45) is 2.57. The maximum atomic E-state index is 13.0. The molecule has 1 unspecified atom stereocenters. The van der Waals surface area contributed by atoms with Crippen LogP contribution in [0.5, 0.6) is 0 Å². The van der Waals surface area contributed by atoms with Gasteiger partial charge in [0.1, 0.15) is 0 Å². The average Bonchev–Trinajstić information content (AvgIpc) is 2.80. The van der Waals surface area contributed by atoms with Gasteiger partial charge in [0, 0.05) is 45.3 Å². The number of piperidine rings is 1. The van der Waals surface area contributed by atoms with Crippen molar-refractivity contribution < 1.29 is 4.79 Å². The first-order valence-electron chi connectivity index (χ1n) is 9.27. The first-order valence-corrected chi connectivity index (χ1v) is 9.27. The standard InChI is InChI=1S/C18H34N4O/c1-18(2)14-20(4)13-16(18)17(23)22-11-9-21(10-12-22)15-5-7-19(3)8-6-15/h15-16H,5-14H2,1-4H3. The molecule has 3 aliphatic rings. The second kappa shape index (κ2) is 6.69. The molecule has 0 radical (unpaired) electrons. The van der Waals surface area contributed by atoms with Gasteiger partial charge in [0.2, 0.25) is 5.91 Å². The summed E-state index contributed by atoms with van der Waals surface area (Å²) in [7, 11) is 4.35. The first kappa shape index (κ1) is 17.2. The van der Waals surface area contributed by atoms with Crippen LogP contribution < -0.4 is 0 Å². The predicted octanol–water partition coefficient (Wildman–Crippen LogP) is 0.813. The molecular weight excluding hydrogens is 288 g/mol. The van der Waals surface area contributed by atoms with Gasteiger partial charge in [0.15, 0.2) is 0 Å². The fourth-order valence-electron chi connectivity index (χ4n) is 4.73. The van der Waals surface area contributed by atoms with E-state index in [2.05, 4.69) is 47.5 Å². The van der Waals surface area contributed by atoms with Crippen LogP contribution in [0, 0.1) is 11.3 Å². The Labute approximate surface area is 141 Å². The second-order valence-corrected chi connectivity index (χ2v) is 8.63. The van der Waals surface area contributed by atoms with Gasteiger partial charge in [-0.1, -0.05) is 13.8 Å². The molecule has 0 saturated carbocycles. The highest BCUT2D eigenvalue weighted by molar-refractivity contribution is 5.80. The molecule has 0 bridgehead atoms. The highest BCUT2D eigenvalue weighted by Gasteiger charge is 2.44. The summed E-state index contributed by atoms with van der Waals surface area (Å²) >= 11 is 0. The Balaban J connectivity index is 1.52. The molecular formula is C18H34N4O. The molecule has 0 aliphatic carbocycles. The summed E-state index contributed by atoms with van der Waals surface area (Å²) in [5.41, 5.74) is 0.108. The van der Waals surface area contributed by atoms with Crippen molar-refractivity contribution in [2.75, 3.05) is 66.5 Å². The number of nitrogens with zero attached hydrogens (tertiary/aromatic N) is 4. The second-order valence-electron chi connectivity index (χ2n) is 8.63. The first-order chi connectivity index (χ1) is 10.9. The maximum Gasteiger partial charge on any atom is 0.227 e. The minimum Gasteiger partial charge on any atom is -0.340 e. The zero-order valence-corrected chi connectivity index (χ0v) is 15.4. The zero-order valence-electron chi connectivity index (χ0n) is 15.4. The zero-order chi connectivity index (χ0) is 16.6. The van der Waals surface area contributed by atoms with E-state index in [0.29, 0.717) is 5.91 Å². The Morgan fingerprint density at radius 3 is 2.04 bits per heavy atom. The molecule has 5 nitrogen and oxygen atoms in total. The topological polar surface area (TPSA) is 30.0 Å². The molecule has 0 aromatic heterocycles. The van der Waals surface area contributed by atoms with Gasteiger partial charge in [0.25, 0.3) is 0 Å². The largest absolute Gasteiger partial charge is 0.340 e. The van der Waals surface area contributed by atoms with Crippen molar-refractivity contribution in [2.24, 2.45) is 11.3 Å². The molecule has 3 fully saturated rings. The van der Waals surface area contributed by atoms with E-state index in [1.165, 1.54) is 25.9 Å². The van der Waals surface area contributed by atoms with E-state index < -0.39 is 0 Å². The van der Waals surface area contributed by atoms with Crippen LogP contribution in [0.25, 0.3) is 0 Å². The molecule has 1 amide bonds. The van der Waals surface area contributed by atoms with Gasteiger partial charge >= 0.3 is 0 Å². The number of carbonyl (C=O) groups is 1. The van der Waals surface area contributed by atoms with E-state index in [9.17, 15) is 4.79 Å². The third kappa shape index (κ3) is 3.72. The van der Waals surface area contributed by atoms with Crippen LogP contribution in [-0.4, -0.2) is 98.0 Å². The Bertz CT molecular complexity index is 423. The number of likely N-dealkylation sites (tertiary alicyclic amines) is 2. The highest BCUT2D eigenvalue weighted by atomic mass is 16.2. The Hall–Kier alpha value is -0.650. The summed E-state index contributed by atoms with van der Waals surface area (Å²) < 4.78 is 0. The number of rotatable bonds is 2. The van der Waals surface area contributed by atoms with E-state index in [0.717, 1.165) is 45.3 Å². The van der Waals surface area contributed by atoms with Gasteiger partial charge in [-0.05, 0) is 45.4 Å². The summed E-state index contributed by atoms with van der Waals surface area (Å²) in [5, 5.41) is 0. The van der Waals surface area contributed by atoms with Crippen molar-refractivity contribution in [3.05, 3.63) is 0 Å². The third-order valence-electron chi connectivity index (χ3n) is 6.24. The van der Waals surface area contributed by atoms with Crippen LogP contribution in [0.4, 0.5) is 0 Å². The lowest BCUT2D eigenvalue weighted by Crippen LogP contribution is -2.55. The fourth-order valence-corrected chi connectivity index (χ4v) is 4.73. The molecule has 0 spiro atoms. The maximum absolute atomic E-state index is 13.0. The van der Waals surface area contributed by atoms with Crippen molar-refractivity contribution in [1.29, 1.82) is 0 Å². The smallest absolute Gasteiger partial charge is 0.227 e. The fraction of sp³-hybridized carbons (Fsp3) is 0.944. The minimum atomic E-state index is 0.108. The summed E-state index contributed by atoms with van der Waals surface area (Å²) in [5.74, 6) is 0.560. The lowest BCUT2D eigenvalue weighted by Gasteiger charge is -2.43. The molecule has 3 rings (SSSR count). The van der Waals surface area contributed by atoms with Crippen molar-refractivity contribution in [3.63, 3.8) is 0 Å². The van der Waals surface area contributed by atoms with Crippen molar-refractivity contribution in [1.82, 2.24) is 19.6 Å². The van der Waals surface area contributed by atoms with Crippen molar-refractivity contribution in [2.45, 2.75) is 32.7 Å². The van der Waals surface area contributed by atoms with Gasteiger partial charge in [0.05, 0.1) is 5.92 Å². The SMILES string of the molecule is CN1CCC(N2CCN(C(=O)C3CN(C)CC3(C)C)CC2)CC1. The van der Waals surface area contributed by atoms with Gasteiger partial charge in [-0.25, -0.2) is 0 Å².